The Labute approximate surface area is 117 Å². The molecule has 1 aromatic carbocycles. The predicted octanol–water partition coefficient (Wildman–Crippen LogP) is 3.04. The molecule has 3 nitrogen and oxygen atoms in total. The van der Waals surface area contributed by atoms with Crippen molar-refractivity contribution in [2.24, 2.45) is 0 Å². The molecule has 0 aliphatic rings. The fourth-order valence-electron chi connectivity index (χ4n) is 1.88. The van der Waals surface area contributed by atoms with Crippen molar-refractivity contribution in [2.75, 3.05) is 12.3 Å². The van der Waals surface area contributed by atoms with Gasteiger partial charge in [0.2, 0.25) is 0 Å². The second kappa shape index (κ2) is 5.45. The highest BCUT2D eigenvalue weighted by molar-refractivity contribution is 7.12. The van der Waals surface area contributed by atoms with Crippen molar-refractivity contribution < 1.29 is 4.79 Å². The van der Waals surface area contributed by atoms with Gasteiger partial charge in [0.1, 0.15) is 4.88 Å². The topological polar surface area (TPSA) is 55.1 Å². The van der Waals surface area contributed by atoms with E-state index in [-0.39, 0.29) is 11.3 Å². The third-order valence-corrected chi connectivity index (χ3v) is 4.08. The van der Waals surface area contributed by atoms with E-state index in [4.69, 9.17) is 5.73 Å². The minimum absolute atomic E-state index is 0.100. The summed E-state index contributed by atoms with van der Waals surface area (Å²) in [4.78, 5) is 12.6. The monoisotopic (exact) mass is 274 g/mol. The maximum Gasteiger partial charge on any atom is 0.263 e. The first-order valence-electron chi connectivity index (χ1n) is 6.17. The summed E-state index contributed by atoms with van der Waals surface area (Å²) in [7, 11) is 0. The summed E-state index contributed by atoms with van der Waals surface area (Å²) >= 11 is 1.37. The molecule has 0 saturated heterocycles. The number of anilines is 1. The summed E-state index contributed by atoms with van der Waals surface area (Å²) < 4.78 is 0. The minimum atomic E-state index is -0.108. The number of nitrogen functional groups attached to an aromatic ring is 1. The summed E-state index contributed by atoms with van der Waals surface area (Å²) in [5, 5.41) is 4.78. The first-order chi connectivity index (χ1) is 9.00. The fourth-order valence-corrected chi connectivity index (χ4v) is 2.61. The number of benzene rings is 1. The van der Waals surface area contributed by atoms with E-state index in [1.165, 1.54) is 16.9 Å². The smallest absolute Gasteiger partial charge is 0.263 e. The molecule has 2 aromatic rings. The van der Waals surface area contributed by atoms with E-state index < -0.39 is 0 Å². The van der Waals surface area contributed by atoms with Gasteiger partial charge in [0.25, 0.3) is 5.91 Å². The molecule has 0 unspecified atom stereocenters. The number of thiophene rings is 1. The van der Waals surface area contributed by atoms with Gasteiger partial charge in [-0.25, -0.2) is 0 Å². The van der Waals surface area contributed by atoms with E-state index in [1.54, 1.807) is 6.07 Å². The largest absolute Gasteiger partial charge is 0.397 e. The molecular formula is C15H18N2OS. The quantitative estimate of drug-likeness (QED) is 0.900. The van der Waals surface area contributed by atoms with Crippen molar-refractivity contribution in [3.05, 3.63) is 52.2 Å². The lowest BCUT2D eigenvalue weighted by molar-refractivity contribution is 0.0950. The van der Waals surface area contributed by atoms with Crippen LogP contribution >= 0.6 is 11.3 Å². The average Bonchev–Trinajstić information content (AvgIpc) is 2.83. The fraction of sp³-hybridized carbons (Fsp3) is 0.267. The molecule has 0 aliphatic carbocycles. The number of hydrogen-bond acceptors (Lipinski definition) is 3. The van der Waals surface area contributed by atoms with E-state index in [0.29, 0.717) is 17.1 Å². The average molecular weight is 274 g/mol. The second-order valence-corrected chi connectivity index (χ2v) is 6.05. The molecule has 0 radical (unpaired) electrons. The summed E-state index contributed by atoms with van der Waals surface area (Å²) in [5.41, 5.74) is 7.38. The summed E-state index contributed by atoms with van der Waals surface area (Å²) in [6.45, 7) is 4.80. The lowest BCUT2D eigenvalue weighted by atomic mass is 9.84. The number of nitrogens with one attached hydrogen (secondary N) is 1. The Hall–Kier alpha value is -1.81. The highest BCUT2D eigenvalue weighted by Gasteiger charge is 2.22. The molecule has 1 amide bonds. The van der Waals surface area contributed by atoms with Crippen LogP contribution in [0.25, 0.3) is 0 Å². The molecule has 0 bridgehead atoms. The van der Waals surface area contributed by atoms with Crippen LogP contribution < -0.4 is 11.1 Å². The number of carbonyl (C=O) groups excluding carboxylic acids is 1. The van der Waals surface area contributed by atoms with Gasteiger partial charge in [-0.15, -0.1) is 11.3 Å². The van der Waals surface area contributed by atoms with Crippen LogP contribution in [0.3, 0.4) is 0 Å². The van der Waals surface area contributed by atoms with Crippen LogP contribution in [0.1, 0.15) is 29.1 Å². The van der Waals surface area contributed by atoms with E-state index >= 15 is 0 Å². The van der Waals surface area contributed by atoms with E-state index in [1.807, 2.05) is 23.6 Å². The number of rotatable bonds is 4. The molecule has 0 fully saturated rings. The maximum atomic E-state index is 12.0. The molecule has 0 saturated carbocycles. The van der Waals surface area contributed by atoms with Crippen LogP contribution in [-0.4, -0.2) is 12.5 Å². The standard InChI is InChI=1S/C15H18N2OS/c1-15(2,11-6-4-3-5-7-11)10-17-14(18)13-12(16)8-9-19-13/h3-9H,10,16H2,1-2H3,(H,17,18). The molecule has 0 spiro atoms. The second-order valence-electron chi connectivity index (χ2n) is 5.14. The van der Waals surface area contributed by atoms with Crippen molar-refractivity contribution in [2.45, 2.75) is 19.3 Å². The Balaban J connectivity index is 2.03. The molecule has 3 N–H and O–H groups in total. The Bertz CT molecular complexity index is 561. The van der Waals surface area contributed by atoms with Crippen LogP contribution in [0.2, 0.25) is 0 Å². The maximum absolute atomic E-state index is 12.0. The predicted molar refractivity (Wildman–Crippen MR) is 80.5 cm³/mol. The summed E-state index contributed by atoms with van der Waals surface area (Å²) in [5.74, 6) is -0.100. The minimum Gasteiger partial charge on any atom is -0.397 e. The van der Waals surface area contributed by atoms with Crippen molar-refractivity contribution >= 4 is 22.9 Å². The SMILES string of the molecule is CC(C)(CNC(=O)c1sccc1N)c1ccccc1. The molecule has 0 atom stereocenters. The lowest BCUT2D eigenvalue weighted by Gasteiger charge is -2.25. The molecule has 0 aliphatic heterocycles. The number of amides is 1. The van der Waals surface area contributed by atoms with Crippen molar-refractivity contribution in [1.82, 2.24) is 5.32 Å². The summed E-state index contributed by atoms with van der Waals surface area (Å²) in [6, 6.07) is 11.9. The Morgan fingerprint density at radius 2 is 1.95 bits per heavy atom. The molecule has 2 rings (SSSR count). The van der Waals surface area contributed by atoms with Crippen LogP contribution in [0.15, 0.2) is 41.8 Å². The highest BCUT2D eigenvalue weighted by atomic mass is 32.1. The van der Waals surface area contributed by atoms with Gasteiger partial charge in [0.05, 0.1) is 5.69 Å². The zero-order chi connectivity index (χ0) is 13.9. The van der Waals surface area contributed by atoms with Gasteiger partial charge in [-0.1, -0.05) is 44.2 Å². The third kappa shape index (κ3) is 3.15. The van der Waals surface area contributed by atoms with Crippen molar-refractivity contribution in [1.29, 1.82) is 0 Å². The molecule has 100 valence electrons. The number of hydrogen-bond donors (Lipinski definition) is 2. The zero-order valence-corrected chi connectivity index (χ0v) is 12.0. The van der Waals surface area contributed by atoms with Gasteiger partial charge >= 0.3 is 0 Å². The Kier molecular flexibility index (Phi) is 3.90. The van der Waals surface area contributed by atoms with Gasteiger partial charge < -0.3 is 11.1 Å². The van der Waals surface area contributed by atoms with E-state index in [9.17, 15) is 4.79 Å². The van der Waals surface area contributed by atoms with Gasteiger partial charge in [-0.05, 0) is 17.0 Å². The Morgan fingerprint density at radius 1 is 1.26 bits per heavy atom. The highest BCUT2D eigenvalue weighted by Crippen LogP contribution is 2.23. The van der Waals surface area contributed by atoms with Crippen LogP contribution in [0.4, 0.5) is 5.69 Å². The summed E-state index contributed by atoms with van der Waals surface area (Å²) in [6.07, 6.45) is 0. The third-order valence-electron chi connectivity index (χ3n) is 3.15. The van der Waals surface area contributed by atoms with Crippen LogP contribution in [0, 0.1) is 0 Å². The molecular weight excluding hydrogens is 256 g/mol. The van der Waals surface area contributed by atoms with E-state index in [2.05, 4.69) is 31.3 Å². The molecule has 1 aromatic heterocycles. The number of nitrogens with two attached hydrogens (primary N) is 1. The van der Waals surface area contributed by atoms with Gasteiger partial charge in [-0.3, -0.25) is 4.79 Å². The normalized spacial score (nSPS) is 11.3. The van der Waals surface area contributed by atoms with Gasteiger partial charge in [0.15, 0.2) is 0 Å². The van der Waals surface area contributed by atoms with Crippen LogP contribution in [-0.2, 0) is 5.41 Å². The molecule has 1 heterocycles. The van der Waals surface area contributed by atoms with Crippen molar-refractivity contribution in [3.63, 3.8) is 0 Å². The molecule has 19 heavy (non-hydrogen) atoms. The molecule has 4 heteroatoms. The van der Waals surface area contributed by atoms with Crippen LogP contribution in [0.5, 0.6) is 0 Å². The Morgan fingerprint density at radius 3 is 2.53 bits per heavy atom. The van der Waals surface area contributed by atoms with Gasteiger partial charge in [0, 0.05) is 12.0 Å². The number of carbonyl (C=O) groups is 1. The van der Waals surface area contributed by atoms with Gasteiger partial charge in [-0.2, -0.15) is 0 Å². The first kappa shape index (κ1) is 13.6. The first-order valence-corrected chi connectivity index (χ1v) is 7.05. The van der Waals surface area contributed by atoms with E-state index in [0.717, 1.165) is 0 Å². The lowest BCUT2D eigenvalue weighted by Crippen LogP contribution is -2.36. The zero-order valence-electron chi connectivity index (χ0n) is 11.1. The van der Waals surface area contributed by atoms with Crippen molar-refractivity contribution in [3.8, 4) is 0 Å².